The Morgan fingerprint density at radius 2 is 2.14 bits per heavy atom. The number of hydrogen-bond donors (Lipinski definition) is 1. The second-order valence-corrected chi connectivity index (χ2v) is 6.54. The Hall–Kier alpha value is -1.26. The molecule has 1 N–H and O–H groups in total. The Balaban J connectivity index is 1.59. The van der Waals surface area contributed by atoms with Crippen molar-refractivity contribution in [3.8, 4) is 5.75 Å². The fraction of sp³-hybridized carbons (Fsp3) is 0.588. The maximum Gasteiger partial charge on any atom is 0.223 e. The number of benzene rings is 1. The molecule has 1 saturated heterocycles. The van der Waals surface area contributed by atoms with Crippen LogP contribution in [-0.4, -0.2) is 43.1 Å². The van der Waals surface area contributed by atoms with Gasteiger partial charge in [0.15, 0.2) is 0 Å². The Labute approximate surface area is 137 Å². The molecule has 5 heteroatoms. The number of ether oxygens (including phenoxy) is 1. The fourth-order valence-corrected chi connectivity index (χ4v) is 2.76. The van der Waals surface area contributed by atoms with Gasteiger partial charge in [-0.05, 0) is 57.0 Å². The van der Waals surface area contributed by atoms with Gasteiger partial charge in [-0.25, -0.2) is 0 Å². The van der Waals surface area contributed by atoms with Crippen molar-refractivity contribution in [2.45, 2.75) is 32.7 Å². The molecular formula is C17H25ClN2O2. The molecule has 0 bridgehead atoms. The van der Waals surface area contributed by atoms with E-state index >= 15 is 0 Å². The number of amides is 1. The zero-order valence-electron chi connectivity index (χ0n) is 13.3. The third-order valence-electron chi connectivity index (χ3n) is 4.05. The first kappa shape index (κ1) is 17.1. The van der Waals surface area contributed by atoms with E-state index in [0.29, 0.717) is 30.0 Å². The first-order chi connectivity index (χ1) is 10.5. The van der Waals surface area contributed by atoms with Crippen molar-refractivity contribution in [3.63, 3.8) is 0 Å². The minimum Gasteiger partial charge on any atom is -0.493 e. The number of hydrogen-bond acceptors (Lipinski definition) is 3. The molecule has 4 nitrogen and oxygen atoms in total. The van der Waals surface area contributed by atoms with Crippen LogP contribution in [0.5, 0.6) is 5.75 Å². The van der Waals surface area contributed by atoms with Gasteiger partial charge < -0.3 is 15.0 Å². The first-order valence-electron chi connectivity index (χ1n) is 7.93. The van der Waals surface area contributed by atoms with Crippen LogP contribution >= 0.6 is 11.6 Å². The maximum atomic E-state index is 11.8. The van der Waals surface area contributed by atoms with Gasteiger partial charge in [0, 0.05) is 24.2 Å². The van der Waals surface area contributed by atoms with E-state index in [1.165, 1.54) is 6.42 Å². The van der Waals surface area contributed by atoms with Crippen molar-refractivity contribution >= 4 is 17.5 Å². The lowest BCUT2D eigenvalue weighted by Crippen LogP contribution is -2.33. The van der Waals surface area contributed by atoms with Crippen LogP contribution in [0.25, 0.3) is 0 Å². The highest BCUT2D eigenvalue weighted by Gasteiger charge is 2.24. The summed E-state index contributed by atoms with van der Waals surface area (Å²) in [5, 5.41) is 3.69. The van der Waals surface area contributed by atoms with Gasteiger partial charge in [-0.2, -0.15) is 0 Å². The molecule has 0 unspecified atom stereocenters. The molecule has 1 aromatic rings. The zero-order chi connectivity index (χ0) is 15.9. The number of nitrogens with one attached hydrogen (secondary N) is 1. The standard InChI is InChI=1S/C17H25ClN2O2/c1-13(2)20-9-7-14(12-20)11-19-17(21)8-10-22-16-5-3-15(18)4-6-16/h3-6,13-14H,7-12H2,1-2H3,(H,19,21)/t14-/m1/s1. The molecule has 1 atom stereocenters. The average molecular weight is 325 g/mol. The van der Waals surface area contributed by atoms with Gasteiger partial charge in [-0.1, -0.05) is 11.6 Å². The van der Waals surface area contributed by atoms with Gasteiger partial charge in [0.05, 0.1) is 13.0 Å². The SMILES string of the molecule is CC(C)N1CC[C@H](CNC(=O)CCOc2ccc(Cl)cc2)C1. The number of halogens is 1. The van der Waals surface area contributed by atoms with Crippen LogP contribution < -0.4 is 10.1 Å². The number of rotatable bonds is 7. The largest absolute Gasteiger partial charge is 0.493 e. The lowest BCUT2D eigenvalue weighted by molar-refractivity contribution is -0.121. The summed E-state index contributed by atoms with van der Waals surface area (Å²) in [5.74, 6) is 1.36. The van der Waals surface area contributed by atoms with E-state index in [9.17, 15) is 4.79 Å². The van der Waals surface area contributed by atoms with E-state index in [1.807, 2.05) is 0 Å². The van der Waals surface area contributed by atoms with Crippen LogP contribution in [0, 0.1) is 5.92 Å². The van der Waals surface area contributed by atoms with E-state index < -0.39 is 0 Å². The number of carbonyl (C=O) groups is 1. The van der Waals surface area contributed by atoms with Crippen LogP contribution in [0.1, 0.15) is 26.7 Å². The van der Waals surface area contributed by atoms with Crippen molar-refractivity contribution in [1.82, 2.24) is 10.2 Å². The minimum atomic E-state index is 0.0527. The number of nitrogens with zero attached hydrogens (tertiary/aromatic N) is 1. The molecule has 0 aromatic heterocycles. The highest BCUT2D eigenvalue weighted by molar-refractivity contribution is 6.30. The monoisotopic (exact) mass is 324 g/mol. The second kappa shape index (κ2) is 8.39. The van der Waals surface area contributed by atoms with E-state index in [4.69, 9.17) is 16.3 Å². The first-order valence-corrected chi connectivity index (χ1v) is 8.31. The summed E-state index contributed by atoms with van der Waals surface area (Å²) in [5.41, 5.74) is 0. The van der Waals surface area contributed by atoms with E-state index in [2.05, 4.69) is 24.1 Å². The lowest BCUT2D eigenvalue weighted by Gasteiger charge is -2.20. The molecule has 0 aliphatic carbocycles. The fourth-order valence-electron chi connectivity index (χ4n) is 2.64. The molecule has 22 heavy (non-hydrogen) atoms. The topological polar surface area (TPSA) is 41.6 Å². The summed E-state index contributed by atoms with van der Waals surface area (Å²) in [6, 6.07) is 7.75. The Morgan fingerprint density at radius 3 is 2.77 bits per heavy atom. The van der Waals surface area contributed by atoms with Gasteiger partial charge in [0.2, 0.25) is 5.91 Å². The highest BCUT2D eigenvalue weighted by atomic mass is 35.5. The number of likely N-dealkylation sites (tertiary alicyclic amines) is 1. The molecule has 0 saturated carbocycles. The predicted octanol–water partition coefficient (Wildman–Crippen LogP) is 2.96. The average Bonchev–Trinajstić information content (AvgIpc) is 2.96. The molecule has 1 fully saturated rings. The smallest absolute Gasteiger partial charge is 0.223 e. The molecular weight excluding hydrogens is 300 g/mol. The Bertz CT molecular complexity index is 476. The van der Waals surface area contributed by atoms with Crippen molar-refractivity contribution in [2.24, 2.45) is 5.92 Å². The molecule has 1 aromatic carbocycles. The van der Waals surface area contributed by atoms with Crippen molar-refractivity contribution < 1.29 is 9.53 Å². The molecule has 0 spiro atoms. The summed E-state index contributed by atoms with van der Waals surface area (Å²) >= 11 is 5.81. The summed E-state index contributed by atoms with van der Waals surface area (Å²) in [7, 11) is 0. The molecule has 1 amide bonds. The molecule has 2 rings (SSSR count). The lowest BCUT2D eigenvalue weighted by atomic mass is 10.1. The summed E-state index contributed by atoms with van der Waals surface area (Å²) in [4.78, 5) is 14.3. The molecule has 1 aliphatic rings. The van der Waals surface area contributed by atoms with Gasteiger partial charge in [0.1, 0.15) is 5.75 Å². The second-order valence-electron chi connectivity index (χ2n) is 6.10. The van der Waals surface area contributed by atoms with Gasteiger partial charge in [-0.3, -0.25) is 4.79 Å². The van der Waals surface area contributed by atoms with Gasteiger partial charge in [0.25, 0.3) is 0 Å². The van der Waals surface area contributed by atoms with Crippen LogP contribution in [0.2, 0.25) is 5.02 Å². The highest BCUT2D eigenvalue weighted by Crippen LogP contribution is 2.18. The minimum absolute atomic E-state index is 0.0527. The summed E-state index contributed by atoms with van der Waals surface area (Å²) in [6.45, 7) is 7.81. The summed E-state index contributed by atoms with van der Waals surface area (Å²) < 4.78 is 5.52. The van der Waals surface area contributed by atoms with E-state index in [1.54, 1.807) is 24.3 Å². The molecule has 1 aliphatic heterocycles. The van der Waals surface area contributed by atoms with Crippen LogP contribution in [-0.2, 0) is 4.79 Å². The summed E-state index contributed by atoms with van der Waals surface area (Å²) in [6.07, 6.45) is 1.54. The van der Waals surface area contributed by atoms with Gasteiger partial charge in [-0.15, -0.1) is 0 Å². The Kier molecular flexibility index (Phi) is 6.52. The third-order valence-corrected chi connectivity index (χ3v) is 4.30. The van der Waals surface area contributed by atoms with Crippen molar-refractivity contribution in [1.29, 1.82) is 0 Å². The molecule has 1 heterocycles. The van der Waals surface area contributed by atoms with E-state index in [0.717, 1.165) is 25.4 Å². The van der Waals surface area contributed by atoms with E-state index in [-0.39, 0.29) is 5.91 Å². The Morgan fingerprint density at radius 1 is 1.41 bits per heavy atom. The predicted molar refractivity (Wildman–Crippen MR) is 89.4 cm³/mol. The quantitative estimate of drug-likeness (QED) is 0.838. The number of carbonyl (C=O) groups excluding carboxylic acids is 1. The maximum absolute atomic E-state index is 11.8. The van der Waals surface area contributed by atoms with Crippen molar-refractivity contribution in [2.75, 3.05) is 26.2 Å². The molecule has 122 valence electrons. The third kappa shape index (κ3) is 5.50. The van der Waals surface area contributed by atoms with Crippen LogP contribution in [0.3, 0.4) is 0 Å². The van der Waals surface area contributed by atoms with Crippen molar-refractivity contribution in [3.05, 3.63) is 29.3 Å². The van der Waals surface area contributed by atoms with Crippen LogP contribution in [0.15, 0.2) is 24.3 Å². The molecule has 0 radical (unpaired) electrons. The zero-order valence-corrected chi connectivity index (χ0v) is 14.1. The van der Waals surface area contributed by atoms with Crippen LogP contribution in [0.4, 0.5) is 0 Å². The normalized spacial score (nSPS) is 18.6. The van der Waals surface area contributed by atoms with Gasteiger partial charge >= 0.3 is 0 Å².